The van der Waals surface area contributed by atoms with Gasteiger partial charge in [0.1, 0.15) is 5.15 Å². The quantitative estimate of drug-likeness (QED) is 0.644. The van der Waals surface area contributed by atoms with E-state index < -0.39 is 15.9 Å². The van der Waals surface area contributed by atoms with Crippen LogP contribution in [0.1, 0.15) is 11.1 Å². The minimum atomic E-state index is -3.33. The van der Waals surface area contributed by atoms with Gasteiger partial charge in [-0.3, -0.25) is 9.52 Å². The van der Waals surface area contributed by atoms with Gasteiger partial charge in [-0.1, -0.05) is 23.7 Å². The monoisotopic (exact) mass is 368 g/mol. The molecule has 0 unspecified atom stereocenters. The minimum Gasteiger partial charge on any atom is -0.381 e. The average molecular weight is 369 g/mol. The molecule has 0 bridgehead atoms. The summed E-state index contributed by atoms with van der Waals surface area (Å²) < 4.78 is 25.0. The molecular weight excluding hydrogens is 352 g/mol. The summed E-state index contributed by atoms with van der Waals surface area (Å²) in [7, 11) is -3.33. The number of aromatic nitrogens is 1. The third-order valence-corrected chi connectivity index (χ3v) is 3.84. The van der Waals surface area contributed by atoms with Crippen LogP contribution in [0.5, 0.6) is 0 Å². The molecule has 0 saturated carbocycles. The highest BCUT2D eigenvalue weighted by atomic mass is 35.5. The summed E-state index contributed by atoms with van der Waals surface area (Å²) in [5.74, 6) is -0.471. The molecule has 0 radical (unpaired) electrons. The molecule has 0 saturated heterocycles. The highest BCUT2D eigenvalue weighted by Gasteiger charge is 2.08. The lowest BCUT2D eigenvalue weighted by molar-refractivity contribution is -0.117. The van der Waals surface area contributed by atoms with Gasteiger partial charge >= 0.3 is 0 Å². The third-order valence-electron chi connectivity index (χ3n) is 3.03. The van der Waals surface area contributed by atoms with E-state index in [-0.39, 0.29) is 6.42 Å². The van der Waals surface area contributed by atoms with Crippen molar-refractivity contribution in [3.8, 4) is 0 Å². The maximum Gasteiger partial charge on any atom is 0.229 e. The number of sulfonamides is 1. The number of primary amides is 1. The number of pyridine rings is 1. The lowest BCUT2D eigenvalue weighted by atomic mass is 10.1. The average Bonchev–Trinajstić information content (AvgIpc) is 2.45. The second-order valence-corrected chi connectivity index (χ2v) is 7.37. The predicted octanol–water partition coefficient (Wildman–Crippen LogP) is 1.75. The Balaban J connectivity index is 2.15. The Morgan fingerprint density at radius 2 is 2.08 bits per heavy atom. The summed E-state index contributed by atoms with van der Waals surface area (Å²) in [6.45, 7) is 0.408. The van der Waals surface area contributed by atoms with Crippen molar-refractivity contribution < 1.29 is 13.2 Å². The number of hydrogen-bond donors (Lipinski definition) is 3. The van der Waals surface area contributed by atoms with Crippen LogP contribution >= 0.6 is 11.6 Å². The number of amides is 1. The largest absolute Gasteiger partial charge is 0.381 e. The van der Waals surface area contributed by atoms with E-state index in [1.807, 2.05) is 6.07 Å². The Kier molecular flexibility index (Phi) is 5.63. The highest BCUT2D eigenvalue weighted by molar-refractivity contribution is 7.92. The molecule has 1 aromatic carbocycles. The van der Waals surface area contributed by atoms with Crippen LogP contribution in [0.15, 0.2) is 36.5 Å². The molecule has 1 aromatic heterocycles. The smallest absolute Gasteiger partial charge is 0.229 e. The second kappa shape index (κ2) is 7.50. The Labute approximate surface area is 145 Å². The lowest BCUT2D eigenvalue weighted by Crippen LogP contribution is -2.15. The van der Waals surface area contributed by atoms with Gasteiger partial charge in [-0.25, -0.2) is 13.4 Å². The van der Waals surface area contributed by atoms with E-state index in [4.69, 9.17) is 17.3 Å². The number of benzene rings is 1. The minimum absolute atomic E-state index is 0.0438. The summed E-state index contributed by atoms with van der Waals surface area (Å²) in [4.78, 5) is 15.1. The van der Waals surface area contributed by atoms with Crippen molar-refractivity contribution in [1.82, 2.24) is 4.98 Å². The molecule has 1 amide bonds. The molecule has 2 rings (SSSR count). The van der Waals surface area contributed by atoms with Gasteiger partial charge < -0.3 is 11.1 Å². The molecule has 2 aromatic rings. The van der Waals surface area contributed by atoms with Gasteiger partial charge in [0, 0.05) is 29.7 Å². The van der Waals surface area contributed by atoms with E-state index in [9.17, 15) is 13.2 Å². The molecule has 0 spiro atoms. The zero-order chi connectivity index (χ0) is 17.7. The second-order valence-electron chi connectivity index (χ2n) is 5.24. The topological polar surface area (TPSA) is 114 Å². The summed E-state index contributed by atoms with van der Waals surface area (Å²) in [6, 6.07) is 8.57. The molecule has 0 aliphatic heterocycles. The van der Waals surface area contributed by atoms with Gasteiger partial charge in [0.15, 0.2) is 0 Å². The van der Waals surface area contributed by atoms with E-state index in [1.54, 1.807) is 24.3 Å². The van der Waals surface area contributed by atoms with Crippen LogP contribution in [0, 0.1) is 0 Å². The first-order valence-electron chi connectivity index (χ1n) is 6.96. The number of halogens is 1. The summed E-state index contributed by atoms with van der Waals surface area (Å²) in [5, 5.41) is 3.45. The third kappa shape index (κ3) is 5.71. The van der Waals surface area contributed by atoms with E-state index in [0.717, 1.165) is 11.8 Å². The van der Waals surface area contributed by atoms with Gasteiger partial charge in [-0.05, 0) is 23.8 Å². The molecule has 0 atom stereocenters. The summed E-state index contributed by atoms with van der Waals surface area (Å²) >= 11 is 5.89. The molecule has 0 aliphatic carbocycles. The number of rotatable bonds is 7. The van der Waals surface area contributed by atoms with Crippen molar-refractivity contribution in [2.75, 3.05) is 16.3 Å². The number of nitrogens with one attached hydrogen (secondary N) is 2. The SMILES string of the molecule is CS(=O)(=O)Nc1cccc(CNc2cc(Cl)ncc2CC(N)=O)c1. The molecule has 0 fully saturated rings. The van der Waals surface area contributed by atoms with E-state index in [2.05, 4.69) is 15.0 Å². The number of carbonyl (C=O) groups excluding carboxylic acids is 1. The first-order chi connectivity index (χ1) is 11.2. The molecule has 0 aliphatic rings. The van der Waals surface area contributed by atoms with Crippen LogP contribution in [0.4, 0.5) is 11.4 Å². The van der Waals surface area contributed by atoms with E-state index >= 15 is 0 Å². The number of nitrogens with two attached hydrogens (primary N) is 1. The van der Waals surface area contributed by atoms with Crippen LogP contribution in [0.3, 0.4) is 0 Å². The highest BCUT2D eigenvalue weighted by Crippen LogP contribution is 2.21. The van der Waals surface area contributed by atoms with Crippen LogP contribution in [0.2, 0.25) is 5.15 Å². The maximum atomic E-state index is 11.3. The molecule has 9 heteroatoms. The standard InChI is InChI=1S/C15H17ClN4O3S/c1-24(22,23)20-12-4-2-3-10(5-12)8-18-13-7-14(16)19-9-11(13)6-15(17)21/h2-5,7,9,20H,6,8H2,1H3,(H2,17,21)(H,18,19). The van der Waals surface area contributed by atoms with E-state index in [0.29, 0.717) is 28.6 Å². The van der Waals surface area contributed by atoms with Crippen molar-refractivity contribution in [1.29, 1.82) is 0 Å². The molecule has 24 heavy (non-hydrogen) atoms. The van der Waals surface area contributed by atoms with Gasteiger partial charge in [0.2, 0.25) is 15.9 Å². The van der Waals surface area contributed by atoms with Gasteiger partial charge in [0.05, 0.1) is 12.7 Å². The zero-order valence-corrected chi connectivity index (χ0v) is 14.5. The number of hydrogen-bond acceptors (Lipinski definition) is 5. The Morgan fingerprint density at radius 1 is 1.33 bits per heavy atom. The first-order valence-corrected chi connectivity index (χ1v) is 9.23. The maximum absolute atomic E-state index is 11.3. The predicted molar refractivity (Wildman–Crippen MR) is 94.4 cm³/mol. The van der Waals surface area contributed by atoms with Crippen LogP contribution in [0.25, 0.3) is 0 Å². The van der Waals surface area contributed by atoms with Crippen LogP contribution < -0.4 is 15.8 Å². The lowest BCUT2D eigenvalue weighted by Gasteiger charge is -2.12. The molecule has 1 heterocycles. The van der Waals surface area contributed by atoms with Crippen LogP contribution in [-0.4, -0.2) is 25.6 Å². The zero-order valence-electron chi connectivity index (χ0n) is 12.9. The molecule has 128 valence electrons. The summed E-state index contributed by atoms with van der Waals surface area (Å²) in [5.41, 5.74) is 7.83. The van der Waals surface area contributed by atoms with Crippen LogP contribution in [-0.2, 0) is 27.8 Å². The van der Waals surface area contributed by atoms with Gasteiger partial charge in [0.25, 0.3) is 0 Å². The van der Waals surface area contributed by atoms with Crippen molar-refractivity contribution >= 4 is 38.9 Å². The van der Waals surface area contributed by atoms with Crippen molar-refractivity contribution in [2.45, 2.75) is 13.0 Å². The Morgan fingerprint density at radius 3 is 2.75 bits per heavy atom. The van der Waals surface area contributed by atoms with Crippen molar-refractivity contribution in [3.63, 3.8) is 0 Å². The number of anilines is 2. The summed E-state index contributed by atoms with van der Waals surface area (Å²) in [6.07, 6.45) is 2.63. The Bertz CT molecular complexity index is 856. The van der Waals surface area contributed by atoms with Crippen molar-refractivity contribution in [2.24, 2.45) is 5.73 Å². The van der Waals surface area contributed by atoms with Gasteiger partial charge in [-0.15, -0.1) is 0 Å². The fourth-order valence-corrected chi connectivity index (χ4v) is 2.82. The number of nitrogens with zero attached hydrogens (tertiary/aromatic N) is 1. The number of carbonyl (C=O) groups is 1. The fraction of sp³-hybridized carbons (Fsp3) is 0.200. The fourth-order valence-electron chi connectivity index (χ4n) is 2.11. The first kappa shape index (κ1) is 18.0. The molecule has 4 N–H and O–H groups in total. The van der Waals surface area contributed by atoms with E-state index in [1.165, 1.54) is 6.20 Å². The van der Waals surface area contributed by atoms with Gasteiger partial charge in [-0.2, -0.15) is 0 Å². The van der Waals surface area contributed by atoms with Crippen molar-refractivity contribution in [3.05, 3.63) is 52.8 Å². The molecular formula is C15H17ClN4O3S. The Hall–Kier alpha value is -2.32. The molecule has 7 nitrogen and oxygen atoms in total. The normalized spacial score (nSPS) is 11.1.